The lowest BCUT2D eigenvalue weighted by Crippen LogP contribution is -1.71. The van der Waals surface area contributed by atoms with Gasteiger partial charge in [-0.2, -0.15) is 0 Å². The zero-order chi connectivity index (χ0) is 8.72. The normalized spacial score (nSPS) is 10.9. The van der Waals surface area contributed by atoms with Gasteiger partial charge in [-0.15, -0.1) is 11.3 Å². The molecule has 0 amide bonds. The zero-order valence-corrected chi connectivity index (χ0v) is 9.42. The van der Waals surface area contributed by atoms with Crippen LogP contribution in [0.4, 0.5) is 0 Å². The summed E-state index contributed by atoms with van der Waals surface area (Å²) in [5, 5.41) is 1.81. The molecule has 0 aliphatic carbocycles. The van der Waals surface area contributed by atoms with Crippen LogP contribution in [0.1, 0.15) is 5.01 Å². The topological polar surface area (TPSA) is 12.9 Å². The first-order valence-electron chi connectivity index (χ1n) is 3.39. The molecular weight excluding hydrogens is 258 g/mol. The number of halogens is 2. The minimum absolute atomic E-state index is 0.742. The number of nitrogens with zero attached hydrogens (tertiary/aromatic N) is 1. The summed E-state index contributed by atoms with van der Waals surface area (Å²) < 4.78 is 2.04. The van der Waals surface area contributed by atoms with Gasteiger partial charge in [0.2, 0.25) is 0 Å². The molecule has 0 spiro atoms. The molecule has 2 aromatic rings. The third kappa shape index (κ3) is 1.37. The quantitative estimate of drug-likeness (QED) is 0.699. The van der Waals surface area contributed by atoms with Crippen LogP contribution in [0, 0.1) is 6.92 Å². The van der Waals surface area contributed by atoms with Gasteiger partial charge in [-0.05, 0) is 35.0 Å². The van der Waals surface area contributed by atoms with Crippen LogP contribution in [-0.4, -0.2) is 4.98 Å². The molecule has 1 aromatic carbocycles. The molecule has 0 radical (unpaired) electrons. The van der Waals surface area contributed by atoms with Gasteiger partial charge in [0.05, 0.1) is 20.2 Å². The van der Waals surface area contributed by atoms with Gasteiger partial charge in [0.25, 0.3) is 0 Å². The molecule has 12 heavy (non-hydrogen) atoms. The van der Waals surface area contributed by atoms with E-state index in [9.17, 15) is 0 Å². The van der Waals surface area contributed by atoms with Gasteiger partial charge >= 0.3 is 0 Å². The Balaban J connectivity index is 2.83. The molecule has 0 aliphatic rings. The lowest BCUT2D eigenvalue weighted by Gasteiger charge is -1.93. The fourth-order valence-electron chi connectivity index (χ4n) is 1.04. The number of fused-ring (bicyclic) bond motifs is 1. The van der Waals surface area contributed by atoms with E-state index >= 15 is 0 Å². The third-order valence-corrected chi connectivity index (χ3v) is 3.67. The Morgan fingerprint density at radius 3 is 3.00 bits per heavy atom. The minimum Gasteiger partial charge on any atom is -0.241 e. The molecule has 0 fully saturated rings. The van der Waals surface area contributed by atoms with Crippen molar-refractivity contribution in [2.45, 2.75) is 6.92 Å². The van der Waals surface area contributed by atoms with Gasteiger partial charge in [-0.1, -0.05) is 11.6 Å². The van der Waals surface area contributed by atoms with E-state index in [1.807, 2.05) is 19.1 Å². The summed E-state index contributed by atoms with van der Waals surface area (Å²) in [7, 11) is 0. The van der Waals surface area contributed by atoms with Crippen molar-refractivity contribution in [1.82, 2.24) is 4.98 Å². The second-order valence-corrected chi connectivity index (χ2v) is 4.96. The van der Waals surface area contributed by atoms with Crippen LogP contribution in [0.2, 0.25) is 5.02 Å². The summed E-state index contributed by atoms with van der Waals surface area (Å²) in [5.74, 6) is 0. The van der Waals surface area contributed by atoms with E-state index in [0.29, 0.717) is 0 Å². The zero-order valence-electron chi connectivity index (χ0n) is 6.27. The summed E-state index contributed by atoms with van der Waals surface area (Å²) in [6.07, 6.45) is 0. The van der Waals surface area contributed by atoms with E-state index in [4.69, 9.17) is 11.6 Å². The van der Waals surface area contributed by atoms with Crippen LogP contribution in [0.3, 0.4) is 0 Å². The molecule has 1 nitrogen and oxygen atoms in total. The van der Waals surface area contributed by atoms with Crippen LogP contribution in [0.15, 0.2) is 16.6 Å². The largest absolute Gasteiger partial charge is 0.241 e. The molecule has 62 valence electrons. The Bertz CT molecular complexity index is 399. The molecule has 0 aliphatic heterocycles. The highest BCUT2D eigenvalue weighted by molar-refractivity contribution is 9.10. The van der Waals surface area contributed by atoms with E-state index in [1.54, 1.807) is 11.3 Å². The molecule has 0 saturated heterocycles. The highest BCUT2D eigenvalue weighted by Gasteiger charge is 2.03. The monoisotopic (exact) mass is 261 g/mol. The van der Waals surface area contributed by atoms with Crippen LogP contribution < -0.4 is 0 Å². The van der Waals surface area contributed by atoms with E-state index in [0.717, 1.165) is 24.7 Å². The Hall–Kier alpha value is -0.120. The maximum absolute atomic E-state index is 5.93. The number of rotatable bonds is 0. The average Bonchev–Trinajstić information content (AvgIpc) is 2.30. The van der Waals surface area contributed by atoms with Gasteiger partial charge in [0, 0.05) is 4.47 Å². The summed E-state index contributed by atoms with van der Waals surface area (Å²) in [5.41, 5.74) is 1.01. The molecule has 1 heterocycles. The van der Waals surface area contributed by atoms with Crippen molar-refractivity contribution in [3.05, 3.63) is 26.6 Å². The Morgan fingerprint density at radius 1 is 1.50 bits per heavy atom. The number of aromatic nitrogens is 1. The van der Waals surface area contributed by atoms with Crippen molar-refractivity contribution in [1.29, 1.82) is 0 Å². The van der Waals surface area contributed by atoms with E-state index < -0.39 is 0 Å². The van der Waals surface area contributed by atoms with Crippen LogP contribution in [0.25, 0.3) is 10.2 Å². The molecule has 0 atom stereocenters. The lowest BCUT2D eigenvalue weighted by atomic mass is 10.3. The highest BCUT2D eigenvalue weighted by atomic mass is 79.9. The molecule has 4 heteroatoms. The first kappa shape index (κ1) is 8.48. The number of benzene rings is 1. The first-order valence-corrected chi connectivity index (χ1v) is 5.38. The molecule has 1 aromatic heterocycles. The minimum atomic E-state index is 0.742. The lowest BCUT2D eigenvalue weighted by molar-refractivity contribution is 1.34. The van der Waals surface area contributed by atoms with Crippen LogP contribution in [0.5, 0.6) is 0 Å². The second-order valence-electron chi connectivity index (χ2n) is 2.47. The summed E-state index contributed by atoms with van der Waals surface area (Å²) in [6.45, 7) is 1.99. The predicted octanol–water partition coefficient (Wildman–Crippen LogP) is 4.02. The Kier molecular flexibility index (Phi) is 2.10. The number of thiazole rings is 1. The van der Waals surface area contributed by atoms with Gasteiger partial charge in [-0.25, -0.2) is 4.98 Å². The molecule has 0 saturated carbocycles. The fourth-order valence-corrected chi connectivity index (χ4v) is 2.45. The van der Waals surface area contributed by atoms with Gasteiger partial charge in [-0.3, -0.25) is 0 Å². The van der Waals surface area contributed by atoms with Crippen LogP contribution in [-0.2, 0) is 0 Å². The summed E-state index contributed by atoms with van der Waals surface area (Å²) in [6, 6.07) is 3.88. The third-order valence-electron chi connectivity index (χ3n) is 1.54. The SMILES string of the molecule is Cc1nc2cc(Br)c(Cl)cc2s1. The van der Waals surface area contributed by atoms with E-state index in [-0.39, 0.29) is 0 Å². The fraction of sp³-hybridized carbons (Fsp3) is 0.125. The molecule has 2 rings (SSSR count). The number of aryl methyl sites for hydroxylation is 1. The highest BCUT2D eigenvalue weighted by Crippen LogP contribution is 2.30. The maximum Gasteiger partial charge on any atom is 0.0907 e. The Morgan fingerprint density at radius 2 is 2.25 bits per heavy atom. The van der Waals surface area contributed by atoms with Crippen molar-refractivity contribution < 1.29 is 0 Å². The molecular formula is C8H5BrClNS. The van der Waals surface area contributed by atoms with Crippen molar-refractivity contribution >= 4 is 49.1 Å². The van der Waals surface area contributed by atoms with Crippen LogP contribution >= 0.6 is 38.9 Å². The summed E-state index contributed by atoms with van der Waals surface area (Å²) >= 11 is 10.9. The molecule has 0 N–H and O–H groups in total. The average molecular weight is 263 g/mol. The number of hydrogen-bond acceptors (Lipinski definition) is 2. The van der Waals surface area contributed by atoms with Gasteiger partial charge in [0.15, 0.2) is 0 Å². The van der Waals surface area contributed by atoms with E-state index in [2.05, 4.69) is 20.9 Å². The van der Waals surface area contributed by atoms with Gasteiger partial charge in [0.1, 0.15) is 0 Å². The van der Waals surface area contributed by atoms with Crippen molar-refractivity contribution in [2.24, 2.45) is 0 Å². The smallest absolute Gasteiger partial charge is 0.0907 e. The standard InChI is InChI=1S/C8H5BrClNS/c1-4-11-7-2-5(9)6(10)3-8(7)12-4/h2-3H,1H3. The molecule has 0 unspecified atom stereocenters. The Labute approximate surface area is 87.5 Å². The molecule has 0 bridgehead atoms. The first-order chi connectivity index (χ1) is 5.66. The predicted molar refractivity (Wildman–Crippen MR) is 57.1 cm³/mol. The van der Waals surface area contributed by atoms with Crippen molar-refractivity contribution in [2.75, 3.05) is 0 Å². The second kappa shape index (κ2) is 2.98. The number of hydrogen-bond donors (Lipinski definition) is 0. The maximum atomic E-state index is 5.93. The van der Waals surface area contributed by atoms with Crippen molar-refractivity contribution in [3.8, 4) is 0 Å². The van der Waals surface area contributed by atoms with E-state index in [1.165, 1.54) is 0 Å². The van der Waals surface area contributed by atoms with Gasteiger partial charge < -0.3 is 0 Å². The summed E-state index contributed by atoms with van der Waals surface area (Å²) in [4.78, 5) is 4.34. The van der Waals surface area contributed by atoms with Crippen molar-refractivity contribution in [3.63, 3.8) is 0 Å².